The molecule has 0 radical (unpaired) electrons. The zero-order valence-electron chi connectivity index (χ0n) is 16.0. The minimum atomic E-state index is -3.71. The molecule has 1 aromatic carbocycles. The maximum Gasteiger partial charge on any atom is 0.419 e. The molecule has 1 N–H and O–H groups in total. The molecule has 0 spiro atoms. The standard InChI is InChI=1S/C18H25N3O5S/c1-18(2,3)19-16(22)12-7-9-21(10-8-12)27(24,25)13-5-6-14-15(11-13)26-17(23)20(14)4/h5-6,11-12H,7-10H2,1-4H3,(H,19,22). The Hall–Kier alpha value is -2.13. The number of carbonyl (C=O) groups is 1. The molecule has 1 aromatic heterocycles. The van der Waals surface area contributed by atoms with Gasteiger partial charge in [-0.2, -0.15) is 4.31 Å². The summed E-state index contributed by atoms with van der Waals surface area (Å²) in [6, 6.07) is 4.42. The third-order valence-electron chi connectivity index (χ3n) is 4.72. The second-order valence-electron chi connectivity index (χ2n) is 7.97. The molecule has 0 saturated carbocycles. The van der Waals surface area contributed by atoms with E-state index in [1.165, 1.54) is 21.0 Å². The number of nitrogens with one attached hydrogen (secondary N) is 1. The number of amides is 1. The van der Waals surface area contributed by atoms with Crippen LogP contribution < -0.4 is 11.1 Å². The first-order valence-electron chi connectivity index (χ1n) is 8.91. The van der Waals surface area contributed by atoms with Crippen LogP contribution in [0.5, 0.6) is 0 Å². The predicted molar refractivity (Wildman–Crippen MR) is 101 cm³/mol. The fourth-order valence-electron chi connectivity index (χ4n) is 3.25. The predicted octanol–water partition coefficient (Wildman–Crippen LogP) is 1.45. The summed E-state index contributed by atoms with van der Waals surface area (Å²) in [5.74, 6) is -0.762. The Bertz CT molecular complexity index is 1020. The highest BCUT2D eigenvalue weighted by Gasteiger charge is 2.33. The van der Waals surface area contributed by atoms with Crippen LogP contribution in [0.25, 0.3) is 11.1 Å². The lowest BCUT2D eigenvalue weighted by Crippen LogP contribution is -2.47. The maximum absolute atomic E-state index is 12.9. The minimum absolute atomic E-state index is 0.0352. The summed E-state index contributed by atoms with van der Waals surface area (Å²) < 4.78 is 33.7. The van der Waals surface area contributed by atoms with Crippen molar-refractivity contribution >= 4 is 27.0 Å². The molecule has 1 amide bonds. The molecule has 3 rings (SSSR count). The van der Waals surface area contributed by atoms with Crippen LogP contribution in [0.2, 0.25) is 0 Å². The first kappa shape index (κ1) is 19.6. The molecule has 2 aromatic rings. The number of sulfonamides is 1. The van der Waals surface area contributed by atoms with Gasteiger partial charge < -0.3 is 9.73 Å². The number of oxazole rings is 1. The molecule has 1 aliphatic rings. The van der Waals surface area contributed by atoms with Gasteiger partial charge in [-0.25, -0.2) is 13.2 Å². The van der Waals surface area contributed by atoms with E-state index in [-0.39, 0.29) is 40.9 Å². The molecule has 27 heavy (non-hydrogen) atoms. The molecule has 148 valence electrons. The minimum Gasteiger partial charge on any atom is -0.408 e. The molecule has 1 fully saturated rings. The maximum atomic E-state index is 12.9. The Morgan fingerprint density at radius 1 is 1.22 bits per heavy atom. The van der Waals surface area contributed by atoms with Crippen LogP contribution in [-0.2, 0) is 21.9 Å². The van der Waals surface area contributed by atoms with E-state index in [0.717, 1.165) is 0 Å². The molecular weight excluding hydrogens is 370 g/mol. The highest BCUT2D eigenvalue weighted by Crippen LogP contribution is 2.26. The molecule has 0 aliphatic carbocycles. The van der Waals surface area contributed by atoms with E-state index >= 15 is 0 Å². The van der Waals surface area contributed by atoms with Crippen LogP contribution in [0, 0.1) is 5.92 Å². The Morgan fingerprint density at radius 2 is 1.85 bits per heavy atom. The second kappa shape index (κ2) is 6.79. The fourth-order valence-corrected chi connectivity index (χ4v) is 4.74. The lowest BCUT2D eigenvalue weighted by molar-refractivity contribution is -0.127. The van der Waals surface area contributed by atoms with Crippen LogP contribution in [-0.4, -0.2) is 41.8 Å². The van der Waals surface area contributed by atoms with Gasteiger partial charge in [-0.15, -0.1) is 0 Å². The van der Waals surface area contributed by atoms with E-state index in [4.69, 9.17) is 4.42 Å². The third kappa shape index (κ3) is 3.93. The topological polar surface area (TPSA) is 102 Å². The normalized spacial score (nSPS) is 17.3. The molecule has 1 saturated heterocycles. The average molecular weight is 395 g/mol. The Labute approximate surface area is 158 Å². The lowest BCUT2D eigenvalue weighted by atomic mass is 9.96. The summed E-state index contributed by atoms with van der Waals surface area (Å²) in [4.78, 5) is 24.0. The Morgan fingerprint density at radius 3 is 2.44 bits per heavy atom. The quantitative estimate of drug-likeness (QED) is 0.847. The van der Waals surface area contributed by atoms with Gasteiger partial charge >= 0.3 is 5.76 Å². The van der Waals surface area contributed by atoms with Crippen molar-refractivity contribution in [2.45, 2.75) is 44.0 Å². The van der Waals surface area contributed by atoms with Crippen LogP contribution in [0.1, 0.15) is 33.6 Å². The van der Waals surface area contributed by atoms with Gasteiger partial charge in [-0.1, -0.05) is 0 Å². The number of benzene rings is 1. The molecule has 9 heteroatoms. The van der Waals surface area contributed by atoms with Crippen LogP contribution >= 0.6 is 0 Å². The molecule has 0 bridgehead atoms. The van der Waals surface area contributed by atoms with E-state index in [0.29, 0.717) is 18.4 Å². The summed E-state index contributed by atoms with van der Waals surface area (Å²) in [5.41, 5.74) is 0.467. The summed E-state index contributed by atoms with van der Waals surface area (Å²) in [6.45, 7) is 6.32. The number of fused-ring (bicyclic) bond motifs is 1. The molecular formula is C18H25N3O5S. The summed E-state index contributed by atoms with van der Waals surface area (Å²) >= 11 is 0. The summed E-state index contributed by atoms with van der Waals surface area (Å²) in [7, 11) is -2.15. The smallest absolute Gasteiger partial charge is 0.408 e. The third-order valence-corrected chi connectivity index (χ3v) is 6.62. The van der Waals surface area contributed by atoms with Crippen molar-refractivity contribution in [3.05, 3.63) is 28.7 Å². The van der Waals surface area contributed by atoms with Crippen molar-refractivity contribution in [2.75, 3.05) is 13.1 Å². The van der Waals surface area contributed by atoms with Gasteiger partial charge in [0, 0.05) is 37.7 Å². The van der Waals surface area contributed by atoms with Crippen molar-refractivity contribution in [2.24, 2.45) is 13.0 Å². The number of rotatable bonds is 3. The Kier molecular flexibility index (Phi) is 4.94. The Balaban J connectivity index is 1.75. The number of carbonyl (C=O) groups excluding carboxylic acids is 1. The van der Waals surface area contributed by atoms with E-state index < -0.39 is 15.8 Å². The van der Waals surface area contributed by atoms with Crippen molar-refractivity contribution in [1.29, 1.82) is 0 Å². The molecule has 0 unspecified atom stereocenters. The summed E-state index contributed by atoms with van der Waals surface area (Å²) in [6.07, 6.45) is 0.952. The van der Waals surface area contributed by atoms with Gasteiger partial charge in [0.05, 0.1) is 10.4 Å². The van der Waals surface area contributed by atoms with Gasteiger partial charge in [-0.3, -0.25) is 9.36 Å². The zero-order chi connectivity index (χ0) is 20.0. The summed E-state index contributed by atoms with van der Waals surface area (Å²) in [5, 5.41) is 2.95. The number of nitrogens with zero attached hydrogens (tertiary/aromatic N) is 2. The highest BCUT2D eigenvalue weighted by molar-refractivity contribution is 7.89. The van der Waals surface area contributed by atoms with Crippen molar-refractivity contribution < 1.29 is 17.6 Å². The second-order valence-corrected chi connectivity index (χ2v) is 9.91. The van der Waals surface area contributed by atoms with E-state index in [2.05, 4.69) is 5.32 Å². The fraction of sp³-hybridized carbons (Fsp3) is 0.556. The number of aryl methyl sites for hydroxylation is 1. The average Bonchev–Trinajstić information content (AvgIpc) is 2.87. The van der Waals surface area contributed by atoms with Crippen molar-refractivity contribution in [1.82, 2.24) is 14.2 Å². The van der Waals surface area contributed by atoms with Crippen LogP contribution in [0.15, 0.2) is 32.3 Å². The lowest BCUT2D eigenvalue weighted by Gasteiger charge is -2.32. The van der Waals surface area contributed by atoms with Gasteiger partial charge in [0.25, 0.3) is 0 Å². The number of piperidine rings is 1. The molecule has 0 atom stereocenters. The van der Waals surface area contributed by atoms with Crippen molar-refractivity contribution in [3.63, 3.8) is 0 Å². The van der Waals surface area contributed by atoms with Gasteiger partial charge in [0.1, 0.15) is 0 Å². The van der Waals surface area contributed by atoms with Gasteiger partial charge in [-0.05, 0) is 45.7 Å². The monoisotopic (exact) mass is 395 g/mol. The van der Waals surface area contributed by atoms with E-state index in [9.17, 15) is 18.0 Å². The molecule has 8 nitrogen and oxygen atoms in total. The number of hydrogen-bond donors (Lipinski definition) is 1. The molecule has 1 aliphatic heterocycles. The van der Waals surface area contributed by atoms with Crippen LogP contribution in [0.3, 0.4) is 0 Å². The van der Waals surface area contributed by atoms with E-state index in [1.807, 2.05) is 20.8 Å². The largest absolute Gasteiger partial charge is 0.419 e. The highest BCUT2D eigenvalue weighted by atomic mass is 32.2. The first-order chi connectivity index (χ1) is 12.5. The molecule has 2 heterocycles. The SMILES string of the molecule is Cn1c(=O)oc2cc(S(=O)(=O)N3CCC(C(=O)NC(C)(C)C)CC3)ccc21. The zero-order valence-corrected chi connectivity index (χ0v) is 16.8. The van der Waals surface area contributed by atoms with Crippen molar-refractivity contribution in [3.8, 4) is 0 Å². The number of hydrogen-bond acceptors (Lipinski definition) is 5. The number of aromatic nitrogens is 1. The van der Waals surface area contributed by atoms with Crippen LogP contribution in [0.4, 0.5) is 0 Å². The van der Waals surface area contributed by atoms with Gasteiger partial charge in [0.2, 0.25) is 15.9 Å². The van der Waals surface area contributed by atoms with E-state index in [1.54, 1.807) is 13.1 Å². The van der Waals surface area contributed by atoms with Gasteiger partial charge in [0.15, 0.2) is 5.58 Å². The first-order valence-corrected chi connectivity index (χ1v) is 10.3.